The highest BCUT2D eigenvalue weighted by atomic mass is 16.3. The van der Waals surface area contributed by atoms with E-state index in [0.29, 0.717) is 17.8 Å². The molecule has 0 bridgehead atoms. The van der Waals surface area contributed by atoms with Crippen LogP contribution in [0.3, 0.4) is 0 Å². The molecular weight excluding hydrogens is 278 g/mol. The summed E-state index contributed by atoms with van der Waals surface area (Å²) in [5.74, 6) is 0.0306. The molecule has 22 heavy (non-hydrogen) atoms. The molecule has 0 spiro atoms. The molecule has 2 aromatic heterocycles. The summed E-state index contributed by atoms with van der Waals surface area (Å²) in [6, 6.07) is 5.72. The monoisotopic (exact) mass is 302 g/mol. The van der Waals surface area contributed by atoms with E-state index < -0.39 is 0 Å². The summed E-state index contributed by atoms with van der Waals surface area (Å²) >= 11 is 0. The number of hydrogen-bond acceptors (Lipinski definition) is 3. The summed E-state index contributed by atoms with van der Waals surface area (Å²) in [6.07, 6.45) is 4.55. The molecule has 2 aromatic rings. The SMILES string of the molecule is Cc1c(-[n+]2ccccc2)c(O)n(CCCN(C)C)c(=O)c1C. The molecule has 2 rings (SSSR count). The van der Waals surface area contributed by atoms with Gasteiger partial charge >= 0.3 is 0 Å². The topological polar surface area (TPSA) is 49.4 Å². The van der Waals surface area contributed by atoms with Gasteiger partial charge in [0.05, 0.1) is 0 Å². The summed E-state index contributed by atoms with van der Waals surface area (Å²) in [6.45, 7) is 5.06. The molecule has 0 saturated carbocycles. The minimum atomic E-state index is -0.117. The van der Waals surface area contributed by atoms with Crippen LogP contribution >= 0.6 is 0 Å². The van der Waals surface area contributed by atoms with Crippen molar-refractivity contribution in [2.75, 3.05) is 20.6 Å². The van der Waals surface area contributed by atoms with Crippen LogP contribution in [0.4, 0.5) is 0 Å². The molecule has 0 aliphatic heterocycles. The average Bonchev–Trinajstić information content (AvgIpc) is 2.49. The Balaban J connectivity index is 2.51. The molecule has 5 nitrogen and oxygen atoms in total. The first-order valence-corrected chi connectivity index (χ1v) is 7.48. The van der Waals surface area contributed by atoms with Gasteiger partial charge in [-0.2, -0.15) is 4.57 Å². The second-order valence-electron chi connectivity index (χ2n) is 5.82. The van der Waals surface area contributed by atoms with Crippen LogP contribution < -0.4 is 10.1 Å². The minimum Gasteiger partial charge on any atom is -0.490 e. The molecule has 0 fully saturated rings. The second-order valence-corrected chi connectivity index (χ2v) is 5.82. The molecule has 118 valence electrons. The van der Waals surface area contributed by atoms with Crippen LogP contribution in [0.15, 0.2) is 35.4 Å². The van der Waals surface area contributed by atoms with Crippen molar-refractivity contribution < 1.29 is 9.67 Å². The molecule has 0 saturated heterocycles. The van der Waals surface area contributed by atoms with Gasteiger partial charge in [0.1, 0.15) is 0 Å². The first-order chi connectivity index (χ1) is 10.4. The molecule has 0 radical (unpaired) electrons. The van der Waals surface area contributed by atoms with E-state index in [4.69, 9.17) is 0 Å². The molecule has 0 aliphatic rings. The number of aromatic nitrogens is 2. The van der Waals surface area contributed by atoms with Crippen molar-refractivity contribution in [1.29, 1.82) is 0 Å². The fraction of sp³-hybridized carbons (Fsp3) is 0.412. The highest BCUT2D eigenvalue weighted by molar-refractivity contribution is 5.45. The fourth-order valence-electron chi connectivity index (χ4n) is 2.54. The first kappa shape index (κ1) is 16.2. The largest absolute Gasteiger partial charge is 0.490 e. The molecule has 0 aliphatic carbocycles. The molecule has 5 heteroatoms. The van der Waals surface area contributed by atoms with E-state index >= 15 is 0 Å². The number of hydrogen-bond donors (Lipinski definition) is 1. The smallest absolute Gasteiger partial charge is 0.274 e. The maximum absolute atomic E-state index is 12.4. The van der Waals surface area contributed by atoms with E-state index in [0.717, 1.165) is 18.5 Å². The fourth-order valence-corrected chi connectivity index (χ4v) is 2.54. The van der Waals surface area contributed by atoms with Gasteiger partial charge in [-0.25, -0.2) is 0 Å². The van der Waals surface area contributed by atoms with Crippen molar-refractivity contribution in [2.24, 2.45) is 0 Å². The van der Waals surface area contributed by atoms with Crippen LogP contribution in [0.1, 0.15) is 17.5 Å². The van der Waals surface area contributed by atoms with Crippen LogP contribution in [0, 0.1) is 13.8 Å². The Morgan fingerprint density at radius 2 is 1.77 bits per heavy atom. The molecular formula is C17H24N3O2+. The molecule has 0 unspecified atom stereocenters. The third-order valence-corrected chi connectivity index (χ3v) is 3.91. The Morgan fingerprint density at radius 1 is 1.14 bits per heavy atom. The maximum atomic E-state index is 12.4. The van der Waals surface area contributed by atoms with E-state index in [-0.39, 0.29) is 11.4 Å². The van der Waals surface area contributed by atoms with Crippen LogP contribution in [-0.2, 0) is 6.54 Å². The van der Waals surface area contributed by atoms with E-state index in [9.17, 15) is 9.90 Å². The van der Waals surface area contributed by atoms with Crippen LogP contribution in [0.25, 0.3) is 5.69 Å². The summed E-state index contributed by atoms with van der Waals surface area (Å²) in [5.41, 5.74) is 2.04. The van der Waals surface area contributed by atoms with Gasteiger partial charge in [-0.05, 0) is 40.9 Å². The quantitative estimate of drug-likeness (QED) is 0.849. The number of aromatic hydroxyl groups is 1. The summed E-state index contributed by atoms with van der Waals surface area (Å²) in [5, 5.41) is 10.6. The van der Waals surface area contributed by atoms with Gasteiger partial charge in [0.2, 0.25) is 0 Å². The molecule has 0 atom stereocenters. The van der Waals surface area contributed by atoms with Crippen molar-refractivity contribution in [2.45, 2.75) is 26.8 Å². The summed E-state index contributed by atoms with van der Waals surface area (Å²) < 4.78 is 3.32. The Kier molecular flexibility index (Phi) is 4.98. The van der Waals surface area contributed by atoms with Gasteiger partial charge in [-0.3, -0.25) is 9.36 Å². The zero-order valence-electron chi connectivity index (χ0n) is 13.7. The summed E-state index contributed by atoms with van der Waals surface area (Å²) in [7, 11) is 3.99. The van der Waals surface area contributed by atoms with E-state index in [1.807, 2.05) is 63.1 Å². The van der Waals surface area contributed by atoms with Crippen molar-refractivity contribution in [3.8, 4) is 11.6 Å². The first-order valence-electron chi connectivity index (χ1n) is 7.48. The maximum Gasteiger partial charge on any atom is 0.274 e. The normalized spacial score (nSPS) is 11.1. The molecule has 0 amide bonds. The van der Waals surface area contributed by atoms with Gasteiger partial charge in [0, 0.05) is 29.8 Å². The van der Waals surface area contributed by atoms with Crippen molar-refractivity contribution >= 4 is 0 Å². The van der Waals surface area contributed by atoms with E-state index in [1.165, 1.54) is 4.57 Å². The zero-order valence-corrected chi connectivity index (χ0v) is 13.7. The van der Waals surface area contributed by atoms with Gasteiger partial charge < -0.3 is 10.0 Å². The van der Waals surface area contributed by atoms with Gasteiger partial charge in [0.15, 0.2) is 12.4 Å². The second kappa shape index (κ2) is 6.75. The Labute approximate surface area is 131 Å². The van der Waals surface area contributed by atoms with Crippen LogP contribution in [0.5, 0.6) is 5.88 Å². The number of nitrogens with zero attached hydrogens (tertiary/aromatic N) is 3. The van der Waals surface area contributed by atoms with Gasteiger partial charge in [0.25, 0.3) is 17.1 Å². The third kappa shape index (κ3) is 3.20. The summed E-state index contributed by atoms with van der Waals surface area (Å²) in [4.78, 5) is 14.5. The van der Waals surface area contributed by atoms with E-state index in [1.54, 1.807) is 0 Å². The number of rotatable bonds is 5. The predicted molar refractivity (Wildman–Crippen MR) is 86.5 cm³/mol. The lowest BCUT2D eigenvalue weighted by Crippen LogP contribution is -2.35. The zero-order chi connectivity index (χ0) is 16.3. The molecule has 2 heterocycles. The average molecular weight is 302 g/mol. The number of pyridine rings is 2. The molecule has 0 aromatic carbocycles. The Bertz CT molecular complexity index is 706. The lowest BCUT2D eigenvalue weighted by molar-refractivity contribution is -0.597. The highest BCUT2D eigenvalue weighted by Crippen LogP contribution is 2.21. The Hall–Kier alpha value is -2.14. The third-order valence-electron chi connectivity index (χ3n) is 3.91. The van der Waals surface area contributed by atoms with Crippen LogP contribution in [-0.4, -0.2) is 35.2 Å². The minimum absolute atomic E-state index is 0.0306. The van der Waals surface area contributed by atoms with Crippen molar-refractivity contribution in [3.63, 3.8) is 0 Å². The van der Waals surface area contributed by atoms with E-state index in [2.05, 4.69) is 4.90 Å². The lowest BCUT2D eigenvalue weighted by Gasteiger charge is -2.14. The predicted octanol–water partition coefficient (Wildman–Crippen LogP) is 1.40. The van der Waals surface area contributed by atoms with Crippen molar-refractivity contribution in [1.82, 2.24) is 9.47 Å². The highest BCUT2D eigenvalue weighted by Gasteiger charge is 2.23. The van der Waals surface area contributed by atoms with Crippen molar-refractivity contribution in [3.05, 3.63) is 52.1 Å². The lowest BCUT2D eigenvalue weighted by atomic mass is 10.1. The van der Waals surface area contributed by atoms with Crippen LogP contribution in [0.2, 0.25) is 0 Å². The standard InChI is InChI=1S/C17H23N3O2/c1-13-14(2)16(21)20(12-8-9-18(3)4)17(22)15(13)19-10-6-5-7-11-19/h5-7,10-11H,8-9,12H2,1-4H3/p+1. The van der Waals surface area contributed by atoms with Gasteiger partial charge in [-0.15, -0.1) is 0 Å². The van der Waals surface area contributed by atoms with Gasteiger partial charge in [-0.1, -0.05) is 6.07 Å². The Morgan fingerprint density at radius 3 is 2.36 bits per heavy atom. The molecule has 1 N–H and O–H groups in total.